The molecule has 11 heteroatoms. The van der Waals surface area contributed by atoms with Crippen molar-refractivity contribution in [2.45, 2.75) is 45.7 Å². The Morgan fingerprint density at radius 2 is 2.09 bits per heavy atom. The molecule has 2 heterocycles. The highest BCUT2D eigenvalue weighted by Crippen LogP contribution is 2.39. The van der Waals surface area contributed by atoms with Crippen LogP contribution in [0.15, 0.2) is 22.7 Å². The van der Waals surface area contributed by atoms with Crippen LogP contribution in [-0.4, -0.2) is 44.1 Å². The van der Waals surface area contributed by atoms with Crippen LogP contribution in [-0.2, 0) is 37.3 Å². The number of hydrogen-bond acceptors (Lipinski definition) is 6. The number of nitrogens with zero attached hydrogens (tertiary/aromatic N) is 4. The lowest BCUT2D eigenvalue weighted by Crippen LogP contribution is -2.25. The van der Waals surface area contributed by atoms with Gasteiger partial charge in [-0.25, -0.2) is 0 Å². The molecule has 1 aromatic carbocycles. The number of carbonyl (C=O) groups is 1. The first-order valence-electron chi connectivity index (χ1n) is 11.0. The molecule has 0 fully saturated rings. The van der Waals surface area contributed by atoms with Crippen LogP contribution < -0.4 is 5.32 Å². The Hall–Kier alpha value is -3.21. The fraction of sp³-hybridized carbons (Fsp3) is 0.478. The van der Waals surface area contributed by atoms with Crippen molar-refractivity contribution in [2.75, 3.05) is 13.1 Å². The van der Waals surface area contributed by atoms with Crippen LogP contribution in [0.5, 0.6) is 0 Å². The molecular weight excluding hydrogens is 451 g/mol. The van der Waals surface area contributed by atoms with Gasteiger partial charge in [0, 0.05) is 23.9 Å². The molecule has 0 radical (unpaired) electrons. The largest absolute Gasteiger partial charge is 0.480 e. The van der Waals surface area contributed by atoms with Gasteiger partial charge < -0.3 is 14.9 Å². The van der Waals surface area contributed by atoms with Gasteiger partial charge in [0.25, 0.3) is 5.89 Å². The highest BCUT2D eigenvalue weighted by atomic mass is 19.4. The van der Waals surface area contributed by atoms with Gasteiger partial charge >= 0.3 is 12.1 Å². The zero-order valence-electron chi connectivity index (χ0n) is 19.2. The lowest BCUT2D eigenvalue weighted by atomic mass is 9.76. The Morgan fingerprint density at radius 1 is 1.32 bits per heavy atom. The van der Waals surface area contributed by atoms with Crippen molar-refractivity contribution in [1.82, 2.24) is 25.2 Å². The van der Waals surface area contributed by atoms with E-state index < -0.39 is 17.7 Å². The molecule has 0 saturated heterocycles. The van der Waals surface area contributed by atoms with Crippen LogP contribution in [0.25, 0.3) is 23.0 Å². The van der Waals surface area contributed by atoms with Gasteiger partial charge in [-0.05, 0) is 49.3 Å². The second-order valence-corrected chi connectivity index (χ2v) is 9.35. The van der Waals surface area contributed by atoms with Crippen LogP contribution in [0, 0.1) is 5.41 Å². The van der Waals surface area contributed by atoms with Gasteiger partial charge in [-0.15, -0.1) is 0 Å². The van der Waals surface area contributed by atoms with E-state index in [9.17, 15) is 18.0 Å². The normalized spacial score (nSPS) is 15.4. The molecule has 0 unspecified atom stereocenters. The van der Waals surface area contributed by atoms with Crippen LogP contribution in [0.3, 0.4) is 0 Å². The molecule has 1 aliphatic rings. The minimum absolute atomic E-state index is 0.0241. The highest BCUT2D eigenvalue weighted by molar-refractivity contribution is 5.69. The number of hydrogen-bond donors (Lipinski definition) is 2. The number of benzene rings is 1. The zero-order valence-corrected chi connectivity index (χ0v) is 19.2. The second kappa shape index (κ2) is 8.86. The zero-order chi connectivity index (χ0) is 24.7. The third kappa shape index (κ3) is 4.98. The molecule has 2 N–H and O–H groups in total. The number of fused-ring (bicyclic) bond motifs is 1. The van der Waals surface area contributed by atoms with E-state index in [1.165, 1.54) is 12.1 Å². The third-order valence-electron chi connectivity index (χ3n) is 6.12. The predicted molar refractivity (Wildman–Crippen MR) is 117 cm³/mol. The van der Waals surface area contributed by atoms with Crippen molar-refractivity contribution in [1.29, 1.82) is 0 Å². The summed E-state index contributed by atoms with van der Waals surface area (Å²) < 4.78 is 48.4. The fourth-order valence-corrected chi connectivity index (χ4v) is 4.32. The van der Waals surface area contributed by atoms with Crippen LogP contribution in [0.2, 0.25) is 0 Å². The summed E-state index contributed by atoms with van der Waals surface area (Å²) in [7, 11) is 1.86. The number of carboxylic acids is 1. The van der Waals surface area contributed by atoms with Crippen molar-refractivity contribution in [3.63, 3.8) is 0 Å². The summed E-state index contributed by atoms with van der Waals surface area (Å²) in [4.78, 5) is 14.9. The lowest BCUT2D eigenvalue weighted by molar-refractivity contribution is -0.138. The highest BCUT2D eigenvalue weighted by Gasteiger charge is 2.35. The van der Waals surface area contributed by atoms with Crippen molar-refractivity contribution in [2.24, 2.45) is 12.5 Å². The van der Waals surface area contributed by atoms with Gasteiger partial charge in [-0.3, -0.25) is 9.48 Å². The minimum atomic E-state index is -4.59. The Kier molecular flexibility index (Phi) is 6.24. The number of rotatable bonds is 7. The molecule has 34 heavy (non-hydrogen) atoms. The summed E-state index contributed by atoms with van der Waals surface area (Å²) >= 11 is 0. The Labute approximate surface area is 194 Å². The first-order valence-corrected chi connectivity index (χ1v) is 11.0. The molecule has 4 rings (SSSR count). The number of aryl methyl sites for hydroxylation is 1. The number of aromatic nitrogens is 4. The van der Waals surface area contributed by atoms with E-state index in [1.54, 1.807) is 0 Å². The number of aliphatic carboxylic acids is 1. The smallest absolute Gasteiger partial charge is 0.416 e. The first kappa shape index (κ1) is 23.9. The monoisotopic (exact) mass is 477 g/mol. The van der Waals surface area contributed by atoms with Crippen LogP contribution in [0.1, 0.15) is 42.7 Å². The minimum Gasteiger partial charge on any atom is -0.480 e. The van der Waals surface area contributed by atoms with Crippen LogP contribution >= 0.6 is 0 Å². The number of halogens is 3. The summed E-state index contributed by atoms with van der Waals surface area (Å²) in [5.74, 6) is -0.842. The molecule has 3 aromatic rings. The van der Waals surface area contributed by atoms with E-state index in [1.807, 2.05) is 11.7 Å². The average Bonchev–Trinajstić information content (AvgIpc) is 3.35. The summed E-state index contributed by atoms with van der Waals surface area (Å²) in [6.07, 6.45) is -1.90. The maximum atomic E-state index is 13.7. The fourth-order valence-electron chi connectivity index (χ4n) is 4.32. The number of alkyl halides is 3. The van der Waals surface area contributed by atoms with E-state index in [0.717, 1.165) is 36.6 Å². The van der Waals surface area contributed by atoms with Crippen LogP contribution in [0.4, 0.5) is 13.2 Å². The number of carboxylic acid groups (broad SMARTS) is 1. The van der Waals surface area contributed by atoms with Gasteiger partial charge in [0.05, 0.1) is 12.1 Å². The van der Waals surface area contributed by atoms with E-state index in [4.69, 9.17) is 9.63 Å². The number of nitrogens with one attached hydrogen (secondary N) is 1. The lowest BCUT2D eigenvalue weighted by Gasteiger charge is -2.29. The molecule has 0 spiro atoms. The molecule has 182 valence electrons. The molecule has 0 aliphatic heterocycles. The van der Waals surface area contributed by atoms with E-state index in [-0.39, 0.29) is 47.8 Å². The van der Waals surface area contributed by atoms with Gasteiger partial charge in [-0.1, -0.05) is 31.1 Å². The topological polar surface area (TPSA) is 106 Å². The SMILES string of the molecule is Cn1nc(-c2nc(-c3ccc(CCNCC(=O)O)c(C(F)(F)F)c3)no2)c2c1CC(C)(C)CC2. The third-order valence-corrected chi connectivity index (χ3v) is 6.12. The molecule has 0 atom stereocenters. The molecule has 0 bridgehead atoms. The average molecular weight is 477 g/mol. The maximum Gasteiger partial charge on any atom is 0.416 e. The molecule has 1 aliphatic carbocycles. The first-order chi connectivity index (χ1) is 15.9. The molecular formula is C23H26F3N5O3. The standard InChI is InChI=1S/C23H26F3N5O3/c1-22(2)8-6-15-17(11-22)31(3)29-19(15)21-28-20(30-34-21)14-5-4-13(7-9-27-12-18(32)33)16(10-14)23(24,25)26/h4-5,10,27H,6-9,11-12H2,1-3H3,(H,32,33). The Morgan fingerprint density at radius 3 is 2.79 bits per heavy atom. The van der Waals surface area contributed by atoms with E-state index in [2.05, 4.69) is 34.4 Å². The maximum absolute atomic E-state index is 13.7. The van der Waals surface area contributed by atoms with Crippen molar-refractivity contribution < 1.29 is 27.6 Å². The van der Waals surface area contributed by atoms with Crippen molar-refractivity contribution >= 4 is 5.97 Å². The second-order valence-electron chi connectivity index (χ2n) is 9.35. The van der Waals surface area contributed by atoms with Gasteiger partial charge in [-0.2, -0.15) is 23.3 Å². The van der Waals surface area contributed by atoms with Crippen molar-refractivity contribution in [3.8, 4) is 23.0 Å². The molecule has 0 saturated carbocycles. The van der Waals surface area contributed by atoms with Gasteiger partial charge in [0.2, 0.25) is 5.82 Å². The molecule has 2 aromatic heterocycles. The summed E-state index contributed by atoms with van der Waals surface area (Å²) in [6.45, 7) is 4.19. The Bertz CT molecular complexity index is 1210. The Balaban J connectivity index is 1.61. The molecule has 8 nitrogen and oxygen atoms in total. The van der Waals surface area contributed by atoms with E-state index >= 15 is 0 Å². The molecule has 0 amide bonds. The van der Waals surface area contributed by atoms with Gasteiger partial charge in [0.1, 0.15) is 0 Å². The summed E-state index contributed by atoms with van der Waals surface area (Å²) in [5.41, 5.74) is 2.30. The summed E-state index contributed by atoms with van der Waals surface area (Å²) in [6, 6.07) is 3.87. The van der Waals surface area contributed by atoms with Gasteiger partial charge in [0.15, 0.2) is 5.69 Å². The quantitative estimate of drug-likeness (QED) is 0.498. The summed E-state index contributed by atoms with van der Waals surface area (Å²) in [5, 5.41) is 19.7. The van der Waals surface area contributed by atoms with Crippen molar-refractivity contribution in [3.05, 3.63) is 40.6 Å². The predicted octanol–water partition coefficient (Wildman–Crippen LogP) is 3.89. The van der Waals surface area contributed by atoms with E-state index in [0.29, 0.717) is 5.69 Å².